The van der Waals surface area contributed by atoms with Gasteiger partial charge in [0.2, 0.25) is 5.96 Å². The molecule has 6 nitrogen and oxygen atoms in total. The number of benzene rings is 2. The van der Waals surface area contributed by atoms with Gasteiger partial charge in [-0.05, 0) is 18.2 Å². The molecule has 2 rings (SSSR count). The van der Waals surface area contributed by atoms with Gasteiger partial charge >= 0.3 is 0 Å². The van der Waals surface area contributed by atoms with Crippen LogP contribution in [0.25, 0.3) is 0 Å². The summed E-state index contributed by atoms with van der Waals surface area (Å²) in [6.07, 6.45) is 0. The fraction of sp³-hybridized carbons (Fsp3) is 0. The van der Waals surface area contributed by atoms with Crippen LogP contribution in [0.5, 0.6) is 0 Å². The van der Waals surface area contributed by atoms with E-state index in [4.69, 9.17) is 17.2 Å². The molecule has 0 aliphatic rings. The van der Waals surface area contributed by atoms with Crippen LogP contribution in [-0.2, 0) is 0 Å². The zero-order valence-corrected chi connectivity index (χ0v) is 13.1. The molecule has 0 aliphatic carbocycles. The average Bonchev–Trinajstić information content (AvgIpc) is 2.48. The summed E-state index contributed by atoms with van der Waals surface area (Å²) in [6, 6.07) is 14.0. The standard InChI is InChI=1S/C15H14BrN5O/c16-10-6-7-12(20-15(19)21-14(17)18)11(8-10)13(22)9-4-2-1-3-5-9/h1-8H,(H6,17,18,19,20,21). The van der Waals surface area contributed by atoms with E-state index in [1.165, 1.54) is 0 Å². The Balaban J connectivity index is 2.49. The number of carbonyl (C=O) groups is 1. The molecule has 112 valence electrons. The van der Waals surface area contributed by atoms with Gasteiger partial charge in [-0.1, -0.05) is 46.3 Å². The van der Waals surface area contributed by atoms with E-state index >= 15 is 0 Å². The van der Waals surface area contributed by atoms with Gasteiger partial charge in [0.05, 0.1) is 5.69 Å². The number of aliphatic imine (C=N–C) groups is 2. The second-order valence-electron chi connectivity index (χ2n) is 4.36. The van der Waals surface area contributed by atoms with Gasteiger partial charge in [0, 0.05) is 15.6 Å². The third kappa shape index (κ3) is 3.92. The van der Waals surface area contributed by atoms with E-state index in [9.17, 15) is 4.79 Å². The molecule has 7 heteroatoms. The van der Waals surface area contributed by atoms with Crippen molar-refractivity contribution >= 4 is 39.3 Å². The summed E-state index contributed by atoms with van der Waals surface area (Å²) in [5, 5.41) is 0. The van der Waals surface area contributed by atoms with Crippen molar-refractivity contribution in [1.29, 1.82) is 0 Å². The highest BCUT2D eigenvalue weighted by molar-refractivity contribution is 9.10. The molecule has 0 bridgehead atoms. The maximum Gasteiger partial charge on any atom is 0.223 e. The molecule has 22 heavy (non-hydrogen) atoms. The molecule has 6 N–H and O–H groups in total. The van der Waals surface area contributed by atoms with Crippen LogP contribution >= 0.6 is 15.9 Å². The second-order valence-corrected chi connectivity index (χ2v) is 5.28. The zero-order chi connectivity index (χ0) is 16.1. The number of nitrogens with two attached hydrogens (primary N) is 3. The van der Waals surface area contributed by atoms with E-state index in [-0.39, 0.29) is 17.7 Å². The monoisotopic (exact) mass is 359 g/mol. The molecular weight excluding hydrogens is 346 g/mol. The van der Waals surface area contributed by atoms with Crippen molar-refractivity contribution in [1.82, 2.24) is 0 Å². The predicted octanol–water partition coefficient (Wildman–Crippen LogP) is 1.90. The fourth-order valence-electron chi connectivity index (χ4n) is 1.81. The van der Waals surface area contributed by atoms with Crippen molar-refractivity contribution in [2.45, 2.75) is 0 Å². The first-order valence-electron chi connectivity index (χ1n) is 6.30. The Hall–Kier alpha value is -2.67. The maximum atomic E-state index is 12.6. The molecule has 0 atom stereocenters. The molecule has 0 saturated heterocycles. The number of halogens is 1. The van der Waals surface area contributed by atoms with E-state index in [1.54, 1.807) is 42.5 Å². The Morgan fingerprint density at radius 1 is 1.00 bits per heavy atom. The van der Waals surface area contributed by atoms with Crippen LogP contribution in [0.15, 0.2) is 63.0 Å². The van der Waals surface area contributed by atoms with Gasteiger partial charge in [-0.3, -0.25) is 4.79 Å². The first kappa shape index (κ1) is 15.7. The summed E-state index contributed by atoms with van der Waals surface area (Å²) in [6.45, 7) is 0. The molecule has 0 spiro atoms. The van der Waals surface area contributed by atoms with Crippen molar-refractivity contribution in [3.8, 4) is 0 Å². The summed E-state index contributed by atoms with van der Waals surface area (Å²) in [5.41, 5.74) is 17.5. The molecule has 2 aromatic carbocycles. The van der Waals surface area contributed by atoms with Gasteiger partial charge in [-0.2, -0.15) is 4.99 Å². The minimum Gasteiger partial charge on any atom is -0.370 e. The number of guanidine groups is 2. The highest BCUT2D eigenvalue weighted by Crippen LogP contribution is 2.26. The lowest BCUT2D eigenvalue weighted by Crippen LogP contribution is -2.26. The van der Waals surface area contributed by atoms with Gasteiger partial charge in [0.15, 0.2) is 11.7 Å². The SMILES string of the molecule is NC(N)=NC(N)=Nc1ccc(Br)cc1C(=O)c1ccccc1. The van der Waals surface area contributed by atoms with Gasteiger partial charge < -0.3 is 17.2 Å². The number of nitrogens with zero attached hydrogens (tertiary/aromatic N) is 2. The third-order valence-electron chi connectivity index (χ3n) is 2.72. The Kier molecular flexibility index (Phi) is 4.90. The highest BCUT2D eigenvalue weighted by Gasteiger charge is 2.14. The lowest BCUT2D eigenvalue weighted by atomic mass is 10.0. The maximum absolute atomic E-state index is 12.6. The fourth-order valence-corrected chi connectivity index (χ4v) is 2.17. The van der Waals surface area contributed by atoms with Crippen molar-refractivity contribution in [3.05, 3.63) is 64.1 Å². The summed E-state index contributed by atoms with van der Waals surface area (Å²) in [4.78, 5) is 20.3. The summed E-state index contributed by atoms with van der Waals surface area (Å²) in [5.74, 6) is -0.489. The zero-order valence-electron chi connectivity index (χ0n) is 11.5. The molecule has 2 aromatic rings. The van der Waals surface area contributed by atoms with Gasteiger partial charge in [0.1, 0.15) is 0 Å². The van der Waals surface area contributed by atoms with Crippen LogP contribution in [0.2, 0.25) is 0 Å². The highest BCUT2D eigenvalue weighted by atomic mass is 79.9. The molecule has 0 saturated carbocycles. The molecule has 0 heterocycles. The topological polar surface area (TPSA) is 120 Å². The lowest BCUT2D eigenvalue weighted by Gasteiger charge is -2.06. The summed E-state index contributed by atoms with van der Waals surface area (Å²) < 4.78 is 0.756. The molecule has 0 unspecified atom stereocenters. The molecule has 0 amide bonds. The smallest absolute Gasteiger partial charge is 0.223 e. The summed E-state index contributed by atoms with van der Waals surface area (Å²) in [7, 11) is 0. The Morgan fingerprint density at radius 3 is 2.32 bits per heavy atom. The van der Waals surface area contributed by atoms with Crippen molar-refractivity contribution in [2.75, 3.05) is 0 Å². The number of hydrogen-bond acceptors (Lipinski definition) is 2. The van der Waals surface area contributed by atoms with E-state index in [0.717, 1.165) is 4.47 Å². The van der Waals surface area contributed by atoms with E-state index in [1.807, 2.05) is 6.07 Å². The minimum atomic E-state index is -0.200. The first-order valence-corrected chi connectivity index (χ1v) is 7.10. The van der Waals surface area contributed by atoms with Crippen LogP contribution in [0.1, 0.15) is 15.9 Å². The van der Waals surface area contributed by atoms with Gasteiger partial charge in [-0.15, -0.1) is 0 Å². The van der Waals surface area contributed by atoms with Crippen LogP contribution < -0.4 is 17.2 Å². The third-order valence-corrected chi connectivity index (χ3v) is 3.21. The van der Waals surface area contributed by atoms with E-state index in [2.05, 4.69) is 25.9 Å². The normalized spacial score (nSPS) is 11.0. The molecular formula is C15H14BrN5O. The number of rotatable bonds is 3. The predicted molar refractivity (Wildman–Crippen MR) is 91.1 cm³/mol. The van der Waals surface area contributed by atoms with Gasteiger partial charge in [-0.25, -0.2) is 4.99 Å². The van der Waals surface area contributed by atoms with E-state index in [0.29, 0.717) is 16.8 Å². The van der Waals surface area contributed by atoms with Crippen molar-refractivity contribution < 1.29 is 4.79 Å². The van der Waals surface area contributed by atoms with Crippen LogP contribution in [-0.4, -0.2) is 17.7 Å². The van der Waals surface area contributed by atoms with Crippen molar-refractivity contribution in [2.24, 2.45) is 27.2 Å². The van der Waals surface area contributed by atoms with Gasteiger partial charge in [0.25, 0.3) is 0 Å². The first-order chi connectivity index (χ1) is 10.5. The van der Waals surface area contributed by atoms with Crippen LogP contribution in [0.3, 0.4) is 0 Å². The van der Waals surface area contributed by atoms with Crippen LogP contribution in [0.4, 0.5) is 5.69 Å². The largest absolute Gasteiger partial charge is 0.370 e. The molecule has 0 aliphatic heterocycles. The Bertz CT molecular complexity index is 752. The molecule has 0 aromatic heterocycles. The average molecular weight is 360 g/mol. The van der Waals surface area contributed by atoms with Crippen molar-refractivity contribution in [3.63, 3.8) is 0 Å². The number of ketones is 1. The Labute approximate surface area is 135 Å². The molecule has 0 radical (unpaired) electrons. The quantitative estimate of drug-likeness (QED) is 0.440. The lowest BCUT2D eigenvalue weighted by molar-refractivity contribution is 0.103. The minimum absolute atomic E-state index is 0.121. The Morgan fingerprint density at radius 2 is 1.68 bits per heavy atom. The number of hydrogen-bond donors (Lipinski definition) is 3. The van der Waals surface area contributed by atoms with Crippen LogP contribution in [0, 0.1) is 0 Å². The second kappa shape index (κ2) is 6.86. The molecule has 0 fully saturated rings. The van der Waals surface area contributed by atoms with E-state index < -0.39 is 0 Å². The number of carbonyl (C=O) groups excluding carboxylic acids is 1. The summed E-state index contributed by atoms with van der Waals surface area (Å²) >= 11 is 3.34.